The van der Waals surface area contributed by atoms with Gasteiger partial charge in [0.2, 0.25) is 22.8 Å². The van der Waals surface area contributed by atoms with Gasteiger partial charge >= 0.3 is 34.8 Å². The molecule has 1 aliphatic heterocycles. The largest absolute Gasteiger partial charge is 0.497 e. The number of imidazole rings is 1. The summed E-state index contributed by atoms with van der Waals surface area (Å²) in [6.07, 6.45) is -7.40. The highest BCUT2D eigenvalue weighted by Gasteiger charge is 2.50. The zero-order valence-electron chi connectivity index (χ0n) is 39.6. The molecule has 0 radical (unpaired) electrons. The minimum absolute atomic E-state index is 0.000676. The van der Waals surface area contributed by atoms with Crippen molar-refractivity contribution in [1.29, 1.82) is 0 Å². The number of carbonyl (C=O) groups is 4. The van der Waals surface area contributed by atoms with E-state index in [4.69, 9.17) is 24.3 Å². The van der Waals surface area contributed by atoms with Gasteiger partial charge in [-0.15, -0.1) is 0 Å². The molecule has 0 saturated carbocycles. The first kappa shape index (κ1) is 60.7. The number of anilines is 1. The van der Waals surface area contributed by atoms with E-state index in [1.54, 1.807) is 0 Å². The molecule has 34 nitrogen and oxygen atoms in total. The number of rotatable bonds is 27. The van der Waals surface area contributed by atoms with Gasteiger partial charge in [0.25, 0.3) is 5.75 Å². The third kappa shape index (κ3) is 16.9. The van der Waals surface area contributed by atoms with E-state index in [2.05, 4.69) is 39.7 Å². The Hall–Kier alpha value is -6.13. The Morgan fingerprint density at radius 1 is 0.947 bits per heavy atom. The highest BCUT2D eigenvalue weighted by Crippen LogP contribution is 2.61. The molecule has 8 unspecified atom stereocenters. The van der Waals surface area contributed by atoms with Crippen LogP contribution in [-0.2, 0) is 61.9 Å². The number of nitrogens with two attached hydrogens (primary N) is 1. The van der Waals surface area contributed by atoms with Gasteiger partial charge in [-0.3, -0.25) is 57.5 Å². The zero-order chi connectivity index (χ0) is 56.5. The van der Waals surface area contributed by atoms with Gasteiger partial charge in [-0.2, -0.15) is 4.31 Å². The minimum Gasteiger partial charge on any atom is -0.497 e. The maximum atomic E-state index is 13.1. The number of amides is 3. The van der Waals surface area contributed by atoms with Crippen LogP contribution in [-0.4, -0.2) is 150 Å². The summed E-state index contributed by atoms with van der Waals surface area (Å²) in [5.41, 5.74) is 2.73. The second-order valence-electron chi connectivity index (χ2n) is 16.8. The number of phenols is 1. The van der Waals surface area contributed by atoms with Crippen LogP contribution in [0.25, 0.3) is 11.2 Å². The van der Waals surface area contributed by atoms with Gasteiger partial charge in [0.1, 0.15) is 53.8 Å². The molecular weight excluding hydrogens is 1110 g/mol. The highest BCUT2D eigenvalue weighted by molar-refractivity contribution is 8.13. The van der Waals surface area contributed by atoms with Crippen molar-refractivity contribution in [3.63, 3.8) is 0 Å². The number of nitrogen functional groups attached to an aromatic ring is 1. The van der Waals surface area contributed by atoms with Crippen molar-refractivity contribution in [3.05, 3.63) is 74.8 Å². The van der Waals surface area contributed by atoms with Crippen molar-refractivity contribution < 1.29 is 105 Å². The van der Waals surface area contributed by atoms with E-state index in [0.29, 0.717) is 5.56 Å². The zero-order valence-corrected chi connectivity index (χ0v) is 43.1. The average Bonchev–Trinajstić information content (AvgIpc) is 3.88. The fourth-order valence-corrected chi connectivity index (χ4v) is 10.4. The fourth-order valence-electron chi connectivity index (χ4n) is 6.80. The molecule has 76 heavy (non-hydrogen) atoms. The molecule has 3 amide bonds. The first-order valence-electron chi connectivity index (χ1n) is 21.6. The van der Waals surface area contributed by atoms with Crippen molar-refractivity contribution in [2.75, 3.05) is 37.8 Å². The number of hydrogen-bond acceptors (Lipinski definition) is 25. The number of aromatic hydroxyl groups is 1. The van der Waals surface area contributed by atoms with Crippen LogP contribution in [0, 0.1) is 25.6 Å². The predicted molar refractivity (Wildman–Crippen MR) is 256 cm³/mol. The Balaban J connectivity index is 1.03. The van der Waals surface area contributed by atoms with Crippen LogP contribution in [0.1, 0.15) is 39.0 Å². The number of aromatic nitrogens is 4. The van der Waals surface area contributed by atoms with E-state index in [-0.39, 0.29) is 60.2 Å². The molecule has 1 saturated heterocycles. The number of phenolic OH excluding ortho intramolecular Hbond substituents is 1. The van der Waals surface area contributed by atoms with Crippen molar-refractivity contribution in [2.24, 2.45) is 5.41 Å². The van der Waals surface area contributed by atoms with Crippen LogP contribution in [0.5, 0.6) is 17.2 Å². The van der Waals surface area contributed by atoms with E-state index in [0.717, 1.165) is 41.1 Å². The molecule has 0 spiro atoms. The molecule has 8 atom stereocenters. The quantitative estimate of drug-likeness (QED) is 0.0170. The van der Waals surface area contributed by atoms with Crippen molar-refractivity contribution in [3.8, 4) is 17.2 Å². The number of nitrogens with zero attached hydrogens (tertiary/aromatic N) is 6. The Kier molecular flexibility index (Phi) is 20.3. The second-order valence-corrected chi connectivity index (χ2v) is 22.1. The molecule has 1 fully saturated rings. The first-order valence-corrected chi connectivity index (χ1v) is 27.1. The molecule has 1 aliphatic rings. The molecule has 0 bridgehead atoms. The number of hydrogen-bond donors (Lipinski definition) is 11. The smallest absolute Gasteiger partial charge is 0.481 e. The van der Waals surface area contributed by atoms with Crippen LogP contribution in [0.2, 0.25) is 0 Å². The van der Waals surface area contributed by atoms with Gasteiger partial charge in [0.05, 0.1) is 41.5 Å². The summed E-state index contributed by atoms with van der Waals surface area (Å²) in [6.45, 7) is 1.07. The van der Waals surface area contributed by atoms with Crippen LogP contribution in [0.4, 0.5) is 17.2 Å². The van der Waals surface area contributed by atoms with Gasteiger partial charge in [0.15, 0.2) is 17.7 Å². The summed E-state index contributed by atoms with van der Waals surface area (Å²) < 4.78 is 67.9. The van der Waals surface area contributed by atoms with Crippen LogP contribution in [0.3, 0.4) is 0 Å². The topological polar surface area (TPSA) is 508 Å². The van der Waals surface area contributed by atoms with Gasteiger partial charge in [0, 0.05) is 44.0 Å². The second kappa shape index (κ2) is 25.3. The number of ether oxygens (including phenoxy) is 2. The maximum absolute atomic E-state index is 13.1. The number of aliphatic hydroxyl groups is 2. The lowest BCUT2D eigenvalue weighted by Gasteiger charge is -2.30. The number of nitro groups is 2. The number of carbonyl (C=O) groups excluding carboxylic acids is 4. The third-order valence-electron chi connectivity index (χ3n) is 10.4. The number of thioether (sulfide) groups is 1. The first-order chi connectivity index (χ1) is 35.4. The highest BCUT2D eigenvalue weighted by atomic mass is 32.2. The van der Waals surface area contributed by atoms with E-state index >= 15 is 0 Å². The number of nitro benzene ring substituents is 2. The van der Waals surface area contributed by atoms with Crippen molar-refractivity contribution in [1.82, 2.24) is 35.5 Å². The Morgan fingerprint density at radius 2 is 1.58 bits per heavy atom. The van der Waals surface area contributed by atoms with Crippen LogP contribution < -0.4 is 26.4 Å². The summed E-state index contributed by atoms with van der Waals surface area (Å²) in [5.74, 6) is -3.60. The van der Waals surface area contributed by atoms with Gasteiger partial charge < -0.3 is 66.1 Å². The SMILES string of the molecule is CC(=O)NC(Cc1ccc(Oc2cc([N+](=O)[O-])c(O)c([N+](=O)[O-])c2)cc1)C(=O)SCCNC(=O)CCNC(=O)C(O)C(C)(C)COP(=O)(O)OP(=O)(O)OCC1OC(n2cnc3c(N)ncnc32)C(O)C1OP(=O)(O)O. The molecular formula is C38H49N10O24P3S. The van der Waals surface area contributed by atoms with Crippen LogP contribution in [0.15, 0.2) is 49.1 Å². The minimum atomic E-state index is -5.65. The van der Waals surface area contributed by atoms with E-state index in [1.165, 1.54) is 45.0 Å². The predicted octanol–water partition coefficient (Wildman–Crippen LogP) is 0.726. The van der Waals surface area contributed by atoms with Gasteiger partial charge in [-0.1, -0.05) is 37.7 Å². The number of benzene rings is 2. The lowest BCUT2D eigenvalue weighted by molar-refractivity contribution is -0.396. The Bertz CT molecular complexity index is 2930. The standard InChI is InChI=1S/C38H49N10O24P3S/c1-19(49)45-23(12-20-4-6-21(7-5-20)69-22-13-24(47(56)57)29(51)25(14-22)48(58)59)37(55)76-11-10-40-27(50)8-9-41-35(54)32(53)38(2,3)16-68-75(65,66)72-74(63,64)67-15-26-31(71-73(60,61)62)30(52)36(70-26)46-18-44-28-33(39)42-17-43-34(28)46/h4-7,13-14,17-18,23,26,30-32,36,51-53H,8-12,15-16H2,1-3H3,(H,40,50)(H,41,54)(H,45,49)(H,63,64)(H,65,66)(H2,39,42,43)(H2,60,61,62). The van der Waals surface area contributed by atoms with Gasteiger partial charge in [-0.05, 0) is 17.7 Å². The molecule has 4 aromatic rings. The number of aliphatic hydroxyl groups excluding tert-OH is 2. The number of phosphoric acid groups is 3. The monoisotopic (exact) mass is 1150 g/mol. The Morgan fingerprint density at radius 3 is 2.18 bits per heavy atom. The molecule has 3 heterocycles. The molecule has 38 heteroatoms. The van der Waals surface area contributed by atoms with Gasteiger partial charge in [-0.25, -0.2) is 28.6 Å². The molecule has 5 rings (SSSR count). The summed E-state index contributed by atoms with van der Waals surface area (Å²) in [4.78, 5) is 122. The number of nitrogens with one attached hydrogen (secondary N) is 3. The number of phosphoric ester groups is 3. The lowest BCUT2D eigenvalue weighted by atomic mass is 9.87. The molecule has 416 valence electrons. The summed E-state index contributed by atoms with van der Waals surface area (Å²) in [6, 6.07) is 6.37. The summed E-state index contributed by atoms with van der Waals surface area (Å²) >= 11 is 0.783. The lowest BCUT2D eigenvalue weighted by Crippen LogP contribution is -2.46. The summed E-state index contributed by atoms with van der Waals surface area (Å²) in [7, 11) is -16.6. The molecule has 2 aromatic carbocycles. The fraction of sp³-hybridized carbons (Fsp3) is 0.447. The van der Waals surface area contributed by atoms with E-state index < -0.39 is 129 Å². The maximum Gasteiger partial charge on any atom is 0.481 e. The summed E-state index contributed by atoms with van der Waals surface area (Å²) in [5, 5.41) is 60.9. The normalized spacial score (nSPS) is 19.2. The molecule has 2 aromatic heterocycles. The molecule has 12 N–H and O–H groups in total. The van der Waals surface area contributed by atoms with E-state index in [1.807, 2.05) is 0 Å². The average molecular weight is 1150 g/mol. The van der Waals surface area contributed by atoms with Crippen LogP contribution >= 0.6 is 35.2 Å². The number of fused-ring (bicyclic) bond motifs is 1. The Labute approximate surface area is 431 Å². The van der Waals surface area contributed by atoms with E-state index in [9.17, 15) is 88.0 Å². The van der Waals surface area contributed by atoms with Crippen molar-refractivity contribution >= 4 is 86.4 Å². The van der Waals surface area contributed by atoms with Crippen molar-refractivity contribution in [2.45, 2.75) is 70.3 Å². The third-order valence-corrected chi connectivity index (χ3v) is 14.5. The molecule has 0 aliphatic carbocycles.